The predicted molar refractivity (Wildman–Crippen MR) is 93.3 cm³/mol. The van der Waals surface area contributed by atoms with Crippen molar-refractivity contribution < 1.29 is 13.2 Å². The standard InChI is InChI=1S/C17H23ClN2O3S/c18-15-7-3-4-8-16(15)24(22,23)20-11-9-13(10-12-20)17(21)19-14-5-1-2-6-14/h3-4,7-8,13-14H,1-2,5-6,9-12H2,(H,19,21). The summed E-state index contributed by atoms with van der Waals surface area (Å²) >= 11 is 6.03. The molecule has 7 heteroatoms. The minimum Gasteiger partial charge on any atom is -0.353 e. The van der Waals surface area contributed by atoms with Crippen LogP contribution in [-0.2, 0) is 14.8 Å². The number of nitrogens with zero attached hydrogens (tertiary/aromatic N) is 1. The zero-order chi connectivity index (χ0) is 17.2. The van der Waals surface area contributed by atoms with Gasteiger partial charge in [0.25, 0.3) is 0 Å². The van der Waals surface area contributed by atoms with Crippen LogP contribution in [0.25, 0.3) is 0 Å². The number of hydrogen-bond acceptors (Lipinski definition) is 3. The Bertz CT molecular complexity index is 694. The Balaban J connectivity index is 1.60. The number of rotatable bonds is 4. The molecule has 1 N–H and O–H groups in total. The molecule has 0 bridgehead atoms. The molecule has 2 aliphatic rings. The molecule has 1 amide bonds. The Morgan fingerprint density at radius 1 is 1.08 bits per heavy atom. The lowest BCUT2D eigenvalue weighted by Gasteiger charge is -2.31. The van der Waals surface area contributed by atoms with Crippen LogP contribution >= 0.6 is 11.6 Å². The molecule has 24 heavy (non-hydrogen) atoms. The Hall–Kier alpha value is -1.11. The van der Waals surface area contributed by atoms with Crippen LogP contribution in [0.3, 0.4) is 0 Å². The lowest BCUT2D eigenvalue weighted by atomic mass is 9.97. The smallest absolute Gasteiger partial charge is 0.244 e. The first-order chi connectivity index (χ1) is 11.5. The van der Waals surface area contributed by atoms with Crippen molar-refractivity contribution in [3.8, 4) is 0 Å². The molecule has 5 nitrogen and oxygen atoms in total. The van der Waals surface area contributed by atoms with Gasteiger partial charge < -0.3 is 5.32 Å². The fourth-order valence-corrected chi connectivity index (χ4v) is 5.50. The van der Waals surface area contributed by atoms with Gasteiger partial charge in [-0.1, -0.05) is 36.6 Å². The van der Waals surface area contributed by atoms with Gasteiger partial charge in [0, 0.05) is 25.0 Å². The summed E-state index contributed by atoms with van der Waals surface area (Å²) in [7, 11) is -3.59. The number of carbonyl (C=O) groups excluding carboxylic acids is 1. The van der Waals surface area contributed by atoms with Crippen LogP contribution in [-0.4, -0.2) is 37.8 Å². The SMILES string of the molecule is O=C(NC1CCCC1)C1CCN(S(=O)(=O)c2ccccc2Cl)CC1. The predicted octanol–water partition coefficient (Wildman–Crippen LogP) is 2.80. The van der Waals surface area contributed by atoms with Crippen LogP contribution < -0.4 is 5.32 Å². The van der Waals surface area contributed by atoms with Crippen LogP contribution in [0.15, 0.2) is 29.2 Å². The summed E-state index contributed by atoms with van der Waals surface area (Å²) in [5, 5.41) is 3.35. The first-order valence-corrected chi connectivity index (χ1v) is 10.4. The average Bonchev–Trinajstić information content (AvgIpc) is 3.08. The first kappa shape index (κ1) is 17.7. The van der Waals surface area contributed by atoms with Gasteiger partial charge in [0.05, 0.1) is 5.02 Å². The molecule has 1 aliphatic carbocycles. The summed E-state index contributed by atoms with van der Waals surface area (Å²) in [5.41, 5.74) is 0. The van der Waals surface area contributed by atoms with Gasteiger partial charge >= 0.3 is 0 Å². The Kier molecular flexibility index (Phi) is 5.47. The molecular weight excluding hydrogens is 348 g/mol. The third-order valence-electron chi connectivity index (χ3n) is 4.98. The van der Waals surface area contributed by atoms with E-state index < -0.39 is 10.0 Å². The lowest BCUT2D eigenvalue weighted by Crippen LogP contribution is -2.44. The number of sulfonamides is 1. The van der Waals surface area contributed by atoms with Gasteiger partial charge in [0.15, 0.2) is 0 Å². The van der Waals surface area contributed by atoms with E-state index in [-0.39, 0.29) is 21.7 Å². The molecule has 0 atom stereocenters. The number of carbonyl (C=O) groups is 1. The Morgan fingerprint density at radius 3 is 2.33 bits per heavy atom. The third-order valence-corrected chi connectivity index (χ3v) is 7.38. The van der Waals surface area contributed by atoms with Gasteiger partial charge in [0.2, 0.25) is 15.9 Å². The Labute approximate surface area is 148 Å². The van der Waals surface area contributed by atoms with E-state index in [4.69, 9.17) is 11.6 Å². The fraction of sp³-hybridized carbons (Fsp3) is 0.588. The second-order valence-corrected chi connectivity index (χ2v) is 8.91. The molecule has 2 fully saturated rings. The average molecular weight is 371 g/mol. The lowest BCUT2D eigenvalue weighted by molar-refractivity contribution is -0.126. The summed E-state index contributed by atoms with van der Waals surface area (Å²) in [5.74, 6) is -0.0139. The van der Waals surface area contributed by atoms with Gasteiger partial charge in [0.1, 0.15) is 4.90 Å². The van der Waals surface area contributed by atoms with Crippen LogP contribution in [0.4, 0.5) is 0 Å². The molecule has 1 aliphatic heterocycles. The van der Waals surface area contributed by atoms with Crippen LogP contribution in [0, 0.1) is 5.92 Å². The number of halogens is 1. The van der Waals surface area contributed by atoms with Crippen molar-refractivity contribution in [2.75, 3.05) is 13.1 Å². The van der Waals surface area contributed by atoms with Crippen molar-refractivity contribution >= 4 is 27.5 Å². The largest absolute Gasteiger partial charge is 0.353 e. The van der Waals surface area contributed by atoms with Crippen molar-refractivity contribution in [3.05, 3.63) is 29.3 Å². The highest BCUT2D eigenvalue weighted by molar-refractivity contribution is 7.89. The summed E-state index contributed by atoms with van der Waals surface area (Å²) < 4.78 is 26.8. The van der Waals surface area contributed by atoms with E-state index >= 15 is 0 Å². The molecule has 0 aromatic heterocycles. The molecule has 1 aromatic carbocycles. The third kappa shape index (κ3) is 3.76. The van der Waals surface area contributed by atoms with Crippen LogP contribution in [0.2, 0.25) is 5.02 Å². The number of nitrogens with one attached hydrogen (secondary N) is 1. The highest BCUT2D eigenvalue weighted by atomic mass is 35.5. The second-order valence-electron chi connectivity index (χ2n) is 6.60. The molecule has 132 valence electrons. The molecular formula is C17H23ClN2O3S. The fourth-order valence-electron chi connectivity index (χ4n) is 3.54. The molecule has 3 rings (SSSR count). The van der Waals surface area contributed by atoms with Crippen molar-refractivity contribution in [3.63, 3.8) is 0 Å². The van der Waals surface area contributed by atoms with Crippen molar-refractivity contribution in [2.45, 2.75) is 49.5 Å². The first-order valence-electron chi connectivity index (χ1n) is 8.53. The highest BCUT2D eigenvalue weighted by Crippen LogP contribution is 2.28. The highest BCUT2D eigenvalue weighted by Gasteiger charge is 2.33. The summed E-state index contributed by atoms with van der Waals surface area (Å²) in [6.45, 7) is 0.715. The monoisotopic (exact) mass is 370 g/mol. The zero-order valence-electron chi connectivity index (χ0n) is 13.6. The van der Waals surface area contributed by atoms with E-state index in [1.807, 2.05) is 0 Å². The molecule has 1 saturated carbocycles. The van der Waals surface area contributed by atoms with E-state index in [2.05, 4.69) is 5.32 Å². The molecule has 0 unspecified atom stereocenters. The maximum atomic E-state index is 12.7. The zero-order valence-corrected chi connectivity index (χ0v) is 15.2. The van der Waals surface area contributed by atoms with Crippen LogP contribution in [0.5, 0.6) is 0 Å². The number of piperidine rings is 1. The van der Waals surface area contributed by atoms with Gasteiger partial charge in [-0.2, -0.15) is 4.31 Å². The molecule has 0 radical (unpaired) electrons. The topological polar surface area (TPSA) is 66.5 Å². The minimum atomic E-state index is -3.59. The maximum absolute atomic E-state index is 12.7. The van der Waals surface area contributed by atoms with Gasteiger partial charge in [-0.15, -0.1) is 0 Å². The quantitative estimate of drug-likeness (QED) is 0.886. The van der Waals surface area contributed by atoms with Crippen molar-refractivity contribution in [1.29, 1.82) is 0 Å². The van der Waals surface area contributed by atoms with E-state index in [1.54, 1.807) is 18.2 Å². The van der Waals surface area contributed by atoms with Gasteiger partial charge in [-0.05, 0) is 37.8 Å². The molecule has 1 saturated heterocycles. The van der Waals surface area contributed by atoms with E-state index in [0.717, 1.165) is 12.8 Å². The van der Waals surface area contributed by atoms with Crippen molar-refractivity contribution in [1.82, 2.24) is 9.62 Å². The maximum Gasteiger partial charge on any atom is 0.244 e. The number of hydrogen-bond donors (Lipinski definition) is 1. The Morgan fingerprint density at radius 2 is 1.71 bits per heavy atom. The summed E-state index contributed by atoms with van der Waals surface area (Å²) in [6, 6.07) is 6.79. The van der Waals surface area contributed by atoms with E-state index in [0.29, 0.717) is 32.0 Å². The van der Waals surface area contributed by atoms with E-state index in [1.165, 1.54) is 23.2 Å². The van der Waals surface area contributed by atoms with E-state index in [9.17, 15) is 13.2 Å². The normalized spacial score (nSPS) is 21.0. The molecule has 1 heterocycles. The summed E-state index contributed by atoms with van der Waals surface area (Å²) in [4.78, 5) is 12.5. The number of amides is 1. The minimum absolute atomic E-state index is 0.0803. The van der Waals surface area contributed by atoms with Gasteiger partial charge in [-0.25, -0.2) is 8.42 Å². The molecule has 0 spiro atoms. The van der Waals surface area contributed by atoms with Crippen LogP contribution in [0.1, 0.15) is 38.5 Å². The van der Waals surface area contributed by atoms with Gasteiger partial charge in [-0.3, -0.25) is 4.79 Å². The second kappa shape index (κ2) is 7.42. The van der Waals surface area contributed by atoms with Crippen molar-refractivity contribution in [2.24, 2.45) is 5.92 Å². The number of benzene rings is 1. The molecule has 1 aromatic rings. The summed E-state index contributed by atoms with van der Waals surface area (Å²) in [6.07, 6.45) is 5.60.